The van der Waals surface area contributed by atoms with E-state index in [1.165, 1.54) is 24.3 Å². The fraction of sp³-hybridized carbons (Fsp3) is 0.300. The van der Waals surface area contributed by atoms with Crippen molar-refractivity contribution in [1.29, 1.82) is 0 Å². The van der Waals surface area contributed by atoms with Crippen LogP contribution in [0.3, 0.4) is 0 Å². The van der Waals surface area contributed by atoms with Gasteiger partial charge < -0.3 is 11.1 Å². The highest BCUT2D eigenvalue weighted by Crippen LogP contribution is 2.12. The lowest BCUT2D eigenvalue weighted by Crippen LogP contribution is -2.37. The first-order valence-electron chi connectivity index (χ1n) is 4.80. The Morgan fingerprint density at radius 1 is 1.59 bits per heavy atom. The summed E-state index contributed by atoms with van der Waals surface area (Å²) in [6, 6.07) is 5.40. The summed E-state index contributed by atoms with van der Waals surface area (Å²) in [4.78, 5) is 21.6. The maximum Gasteiger partial charge on any atom is 0.270 e. The second-order valence-corrected chi connectivity index (χ2v) is 3.42. The second-order valence-electron chi connectivity index (χ2n) is 3.42. The minimum atomic E-state index is -0.539. The van der Waals surface area contributed by atoms with Gasteiger partial charge in [0.25, 0.3) is 11.6 Å². The van der Waals surface area contributed by atoms with Crippen LogP contribution < -0.4 is 11.1 Å². The predicted octanol–water partition coefficient (Wildman–Crippen LogP) is 1.09. The van der Waals surface area contributed by atoms with E-state index in [1.54, 1.807) is 6.92 Å². The molecular formula is C10H14ClN3O3. The average Bonchev–Trinajstić information content (AvgIpc) is 2.28. The predicted molar refractivity (Wildman–Crippen MR) is 66.3 cm³/mol. The lowest BCUT2D eigenvalue weighted by Gasteiger charge is -2.10. The lowest BCUT2D eigenvalue weighted by molar-refractivity contribution is -0.384. The van der Waals surface area contributed by atoms with E-state index in [-0.39, 0.29) is 35.6 Å². The monoisotopic (exact) mass is 259 g/mol. The Hall–Kier alpha value is -1.66. The standard InChI is InChI=1S/C10H13N3O3.ClH/c1-7(6-11)12-10(14)8-3-2-4-9(5-8)13(15)16;/h2-5,7H,6,11H2,1H3,(H,12,14);1H/t7-;/m0./s1. The van der Waals surface area contributed by atoms with Crippen molar-refractivity contribution in [1.82, 2.24) is 5.32 Å². The molecule has 0 bridgehead atoms. The fourth-order valence-corrected chi connectivity index (χ4v) is 1.13. The number of carbonyl (C=O) groups is 1. The van der Waals surface area contributed by atoms with Crippen LogP contribution in [0, 0.1) is 10.1 Å². The van der Waals surface area contributed by atoms with Crippen LogP contribution in [-0.4, -0.2) is 23.4 Å². The molecule has 1 rings (SSSR count). The van der Waals surface area contributed by atoms with Crippen LogP contribution in [0.1, 0.15) is 17.3 Å². The van der Waals surface area contributed by atoms with Gasteiger partial charge in [0.1, 0.15) is 0 Å². The highest BCUT2D eigenvalue weighted by molar-refractivity contribution is 5.94. The van der Waals surface area contributed by atoms with Gasteiger partial charge in [-0.25, -0.2) is 0 Å². The van der Waals surface area contributed by atoms with Gasteiger partial charge in [0.2, 0.25) is 0 Å². The van der Waals surface area contributed by atoms with Crippen molar-refractivity contribution in [3.63, 3.8) is 0 Å². The molecule has 0 saturated carbocycles. The fourth-order valence-electron chi connectivity index (χ4n) is 1.13. The summed E-state index contributed by atoms with van der Waals surface area (Å²) in [7, 11) is 0. The van der Waals surface area contributed by atoms with Gasteiger partial charge in [-0.2, -0.15) is 0 Å². The van der Waals surface area contributed by atoms with Crippen LogP contribution in [0.4, 0.5) is 5.69 Å². The molecule has 0 aliphatic rings. The lowest BCUT2D eigenvalue weighted by atomic mass is 10.2. The Balaban J connectivity index is 0.00000256. The number of hydrogen-bond donors (Lipinski definition) is 2. The molecule has 1 aromatic carbocycles. The number of carbonyl (C=O) groups excluding carboxylic acids is 1. The van der Waals surface area contributed by atoms with E-state index in [1.807, 2.05) is 0 Å². The minimum Gasteiger partial charge on any atom is -0.348 e. The van der Waals surface area contributed by atoms with Crippen molar-refractivity contribution in [3.8, 4) is 0 Å². The van der Waals surface area contributed by atoms with Crippen molar-refractivity contribution in [2.24, 2.45) is 5.73 Å². The molecule has 0 saturated heterocycles. The van der Waals surface area contributed by atoms with Crippen molar-refractivity contribution >= 4 is 24.0 Å². The topological polar surface area (TPSA) is 98.3 Å². The molecule has 0 aliphatic heterocycles. The second kappa shape index (κ2) is 6.82. The van der Waals surface area contributed by atoms with Gasteiger partial charge in [-0.1, -0.05) is 6.07 Å². The molecule has 0 spiro atoms. The van der Waals surface area contributed by atoms with Crippen LogP contribution in [0.5, 0.6) is 0 Å². The highest BCUT2D eigenvalue weighted by atomic mass is 35.5. The molecule has 3 N–H and O–H groups in total. The summed E-state index contributed by atoms with van der Waals surface area (Å²) in [5, 5.41) is 13.1. The van der Waals surface area contributed by atoms with E-state index in [0.29, 0.717) is 6.54 Å². The summed E-state index contributed by atoms with van der Waals surface area (Å²) < 4.78 is 0. The number of nitrogens with zero attached hydrogens (tertiary/aromatic N) is 1. The number of nitrogens with one attached hydrogen (secondary N) is 1. The Morgan fingerprint density at radius 3 is 2.76 bits per heavy atom. The SMILES string of the molecule is C[C@@H](CN)NC(=O)c1cccc([N+](=O)[O-])c1.Cl. The zero-order valence-electron chi connectivity index (χ0n) is 9.25. The highest BCUT2D eigenvalue weighted by Gasteiger charge is 2.12. The first-order chi connectivity index (χ1) is 7.54. The molecule has 0 heterocycles. The number of nitro groups is 1. The van der Waals surface area contributed by atoms with Crippen molar-refractivity contribution in [3.05, 3.63) is 39.9 Å². The number of halogens is 1. The zero-order chi connectivity index (χ0) is 12.1. The Kier molecular flexibility index (Phi) is 6.16. The molecular weight excluding hydrogens is 246 g/mol. The van der Waals surface area contributed by atoms with E-state index in [2.05, 4.69) is 5.32 Å². The number of non-ortho nitro benzene ring substituents is 1. The first-order valence-corrected chi connectivity index (χ1v) is 4.80. The van der Waals surface area contributed by atoms with Gasteiger partial charge in [-0.3, -0.25) is 14.9 Å². The number of rotatable bonds is 4. The van der Waals surface area contributed by atoms with Gasteiger partial charge in [0.05, 0.1) is 4.92 Å². The molecule has 0 radical (unpaired) electrons. The molecule has 0 aliphatic carbocycles. The van der Waals surface area contributed by atoms with Crippen molar-refractivity contribution in [2.75, 3.05) is 6.54 Å². The Labute approximate surface area is 105 Å². The molecule has 0 unspecified atom stereocenters. The van der Waals surface area contributed by atoms with E-state index >= 15 is 0 Å². The molecule has 0 aromatic heterocycles. The maximum absolute atomic E-state index is 11.6. The minimum absolute atomic E-state index is 0. The summed E-state index contributed by atoms with van der Waals surface area (Å²) in [5.41, 5.74) is 5.51. The van der Waals surface area contributed by atoms with E-state index in [4.69, 9.17) is 5.73 Å². The van der Waals surface area contributed by atoms with Crippen LogP contribution >= 0.6 is 12.4 Å². The summed E-state index contributed by atoms with van der Waals surface area (Å²) in [6.45, 7) is 2.08. The largest absolute Gasteiger partial charge is 0.348 e. The molecule has 94 valence electrons. The third-order valence-electron chi connectivity index (χ3n) is 2.05. The summed E-state index contributed by atoms with van der Waals surface area (Å²) in [6.07, 6.45) is 0. The summed E-state index contributed by atoms with van der Waals surface area (Å²) in [5.74, 6) is -0.360. The van der Waals surface area contributed by atoms with Crippen LogP contribution in [0.25, 0.3) is 0 Å². The first kappa shape index (κ1) is 15.3. The average molecular weight is 260 g/mol. The molecule has 1 amide bonds. The van der Waals surface area contributed by atoms with Crippen LogP contribution in [-0.2, 0) is 0 Å². The number of nitro benzene ring substituents is 1. The number of hydrogen-bond acceptors (Lipinski definition) is 4. The maximum atomic E-state index is 11.6. The molecule has 7 heteroatoms. The van der Waals surface area contributed by atoms with Crippen molar-refractivity contribution < 1.29 is 9.72 Å². The molecule has 6 nitrogen and oxygen atoms in total. The molecule has 1 atom stereocenters. The molecule has 1 aromatic rings. The Bertz CT molecular complexity index is 412. The van der Waals surface area contributed by atoms with Crippen LogP contribution in [0.2, 0.25) is 0 Å². The quantitative estimate of drug-likeness (QED) is 0.625. The smallest absolute Gasteiger partial charge is 0.270 e. The zero-order valence-corrected chi connectivity index (χ0v) is 10.1. The van der Waals surface area contributed by atoms with Gasteiger partial charge in [-0.15, -0.1) is 12.4 Å². The van der Waals surface area contributed by atoms with E-state index < -0.39 is 4.92 Å². The van der Waals surface area contributed by atoms with E-state index in [0.717, 1.165) is 0 Å². The molecule has 0 fully saturated rings. The number of amides is 1. The van der Waals surface area contributed by atoms with Gasteiger partial charge in [-0.05, 0) is 13.0 Å². The van der Waals surface area contributed by atoms with Gasteiger partial charge in [0, 0.05) is 30.3 Å². The molecule has 17 heavy (non-hydrogen) atoms. The summed E-state index contributed by atoms with van der Waals surface area (Å²) >= 11 is 0. The Morgan fingerprint density at radius 2 is 2.24 bits per heavy atom. The third kappa shape index (κ3) is 4.38. The van der Waals surface area contributed by atoms with Crippen molar-refractivity contribution in [2.45, 2.75) is 13.0 Å². The van der Waals surface area contributed by atoms with Gasteiger partial charge in [0.15, 0.2) is 0 Å². The number of nitrogens with two attached hydrogens (primary N) is 1. The van der Waals surface area contributed by atoms with E-state index in [9.17, 15) is 14.9 Å². The van der Waals surface area contributed by atoms with Crippen LogP contribution in [0.15, 0.2) is 24.3 Å². The third-order valence-corrected chi connectivity index (χ3v) is 2.05. The number of benzene rings is 1. The normalized spacial score (nSPS) is 11.2. The van der Waals surface area contributed by atoms with Gasteiger partial charge >= 0.3 is 0 Å².